The summed E-state index contributed by atoms with van der Waals surface area (Å²) in [6, 6.07) is 5.39. The van der Waals surface area contributed by atoms with Gasteiger partial charge in [-0.25, -0.2) is 4.79 Å². The van der Waals surface area contributed by atoms with Crippen molar-refractivity contribution in [1.82, 2.24) is 9.61 Å². The van der Waals surface area contributed by atoms with Gasteiger partial charge in [0.25, 0.3) is 0 Å². The molecule has 8 heteroatoms. The zero-order valence-corrected chi connectivity index (χ0v) is 13.5. The molecule has 0 saturated heterocycles. The van der Waals surface area contributed by atoms with Crippen molar-refractivity contribution in [2.24, 2.45) is 0 Å². The Balaban J connectivity index is 2.18. The normalized spacial score (nSPS) is 10.8. The van der Waals surface area contributed by atoms with Crippen molar-refractivity contribution >= 4 is 17.5 Å². The molecule has 3 aromatic rings. The largest absolute Gasteiger partial charge is 0.497 e. The van der Waals surface area contributed by atoms with Crippen LogP contribution in [0.3, 0.4) is 0 Å². The maximum absolute atomic E-state index is 11.0. The number of ether oxygens (including phenoxy) is 2. The van der Waals surface area contributed by atoms with Crippen molar-refractivity contribution in [3.63, 3.8) is 0 Å². The van der Waals surface area contributed by atoms with Crippen LogP contribution in [0.15, 0.2) is 28.9 Å². The molecule has 0 aliphatic rings. The molecule has 0 saturated carbocycles. The van der Waals surface area contributed by atoms with Gasteiger partial charge in [-0.3, -0.25) is 5.32 Å². The average molecular weight is 331 g/mol. The number of oxazole rings is 1. The Morgan fingerprint density at radius 1 is 1.38 bits per heavy atom. The highest BCUT2D eigenvalue weighted by molar-refractivity contribution is 5.89. The van der Waals surface area contributed by atoms with Crippen LogP contribution in [0.2, 0.25) is 0 Å². The maximum atomic E-state index is 11.0. The Labute approximate surface area is 137 Å². The van der Waals surface area contributed by atoms with Crippen LogP contribution in [0.4, 0.5) is 10.5 Å². The molecular weight excluding hydrogens is 314 g/mol. The van der Waals surface area contributed by atoms with Gasteiger partial charge in [-0.2, -0.15) is 9.61 Å². The third-order valence-corrected chi connectivity index (χ3v) is 3.68. The standard InChI is InChI=1S/C16H17N3O5/c1-4-11-14(17-16(20)21)15-19(18-11)12(8-24-15)10-6-5-9(22-2)7-13(10)23-3/h5-8,17H,4H2,1-3H3,(H,20,21). The Kier molecular flexibility index (Phi) is 4.03. The van der Waals surface area contributed by atoms with E-state index in [-0.39, 0.29) is 0 Å². The summed E-state index contributed by atoms with van der Waals surface area (Å²) in [4.78, 5) is 11.0. The van der Waals surface area contributed by atoms with Crippen molar-refractivity contribution in [2.75, 3.05) is 19.5 Å². The van der Waals surface area contributed by atoms with E-state index in [1.807, 2.05) is 13.0 Å². The van der Waals surface area contributed by atoms with E-state index < -0.39 is 6.09 Å². The fraction of sp³-hybridized carbons (Fsp3) is 0.250. The van der Waals surface area contributed by atoms with Gasteiger partial charge in [0, 0.05) is 11.6 Å². The second kappa shape index (κ2) is 6.15. The molecule has 8 nitrogen and oxygen atoms in total. The molecule has 1 amide bonds. The second-order valence-corrected chi connectivity index (χ2v) is 5.01. The van der Waals surface area contributed by atoms with Crippen LogP contribution >= 0.6 is 0 Å². The molecule has 0 spiro atoms. The fourth-order valence-electron chi connectivity index (χ4n) is 2.55. The van der Waals surface area contributed by atoms with Crippen molar-refractivity contribution in [1.29, 1.82) is 0 Å². The lowest BCUT2D eigenvalue weighted by atomic mass is 10.1. The minimum atomic E-state index is -1.17. The van der Waals surface area contributed by atoms with E-state index in [1.165, 1.54) is 6.26 Å². The first kappa shape index (κ1) is 15.7. The lowest BCUT2D eigenvalue weighted by molar-refractivity contribution is 0.209. The first-order valence-electron chi connectivity index (χ1n) is 7.30. The van der Waals surface area contributed by atoms with E-state index in [0.29, 0.717) is 40.7 Å². The first-order valence-corrected chi connectivity index (χ1v) is 7.30. The number of hydrogen-bond acceptors (Lipinski definition) is 5. The van der Waals surface area contributed by atoms with E-state index in [1.54, 1.807) is 30.9 Å². The monoisotopic (exact) mass is 331 g/mol. The highest BCUT2D eigenvalue weighted by Crippen LogP contribution is 2.36. The molecule has 0 aliphatic heterocycles. The van der Waals surface area contributed by atoms with Gasteiger partial charge in [-0.15, -0.1) is 0 Å². The summed E-state index contributed by atoms with van der Waals surface area (Å²) in [6.45, 7) is 1.89. The Hall–Kier alpha value is -3.16. The van der Waals surface area contributed by atoms with Gasteiger partial charge in [0.15, 0.2) is 0 Å². The molecule has 2 heterocycles. The van der Waals surface area contributed by atoms with E-state index >= 15 is 0 Å². The number of benzene rings is 1. The van der Waals surface area contributed by atoms with E-state index in [0.717, 1.165) is 5.56 Å². The molecule has 24 heavy (non-hydrogen) atoms. The van der Waals surface area contributed by atoms with Gasteiger partial charge in [-0.1, -0.05) is 6.92 Å². The molecule has 0 fully saturated rings. The number of fused-ring (bicyclic) bond motifs is 1. The second-order valence-electron chi connectivity index (χ2n) is 5.01. The molecule has 1 aromatic carbocycles. The number of hydrogen-bond donors (Lipinski definition) is 2. The summed E-state index contributed by atoms with van der Waals surface area (Å²) < 4.78 is 17.7. The molecule has 126 valence electrons. The highest BCUT2D eigenvalue weighted by atomic mass is 16.5. The zero-order chi connectivity index (χ0) is 17.3. The number of amides is 1. The summed E-state index contributed by atoms with van der Waals surface area (Å²) in [5.74, 6) is 1.26. The molecule has 3 rings (SSSR count). The number of aryl methyl sites for hydroxylation is 1. The van der Waals surface area contributed by atoms with E-state index in [9.17, 15) is 4.79 Å². The number of anilines is 1. The lowest BCUT2D eigenvalue weighted by Gasteiger charge is -2.08. The number of rotatable bonds is 5. The summed E-state index contributed by atoms with van der Waals surface area (Å²) in [5, 5.41) is 15.8. The minimum Gasteiger partial charge on any atom is -0.497 e. The quantitative estimate of drug-likeness (QED) is 0.744. The number of carbonyl (C=O) groups is 1. The molecule has 0 aliphatic carbocycles. The Bertz CT molecular complexity index is 897. The van der Waals surface area contributed by atoms with Crippen molar-refractivity contribution in [3.05, 3.63) is 30.2 Å². The maximum Gasteiger partial charge on any atom is 0.409 e. The molecule has 0 bridgehead atoms. The predicted octanol–water partition coefficient (Wildman–Crippen LogP) is 3.26. The Morgan fingerprint density at radius 2 is 2.17 bits per heavy atom. The van der Waals surface area contributed by atoms with Crippen LogP contribution in [0.5, 0.6) is 11.5 Å². The predicted molar refractivity (Wildman–Crippen MR) is 87.0 cm³/mol. The molecule has 0 radical (unpaired) electrons. The van der Waals surface area contributed by atoms with Gasteiger partial charge >= 0.3 is 6.09 Å². The molecule has 2 N–H and O–H groups in total. The van der Waals surface area contributed by atoms with Gasteiger partial charge < -0.3 is 19.0 Å². The van der Waals surface area contributed by atoms with Crippen molar-refractivity contribution < 1.29 is 23.8 Å². The van der Waals surface area contributed by atoms with Crippen LogP contribution in [0.1, 0.15) is 12.6 Å². The smallest absolute Gasteiger partial charge is 0.409 e. The van der Waals surface area contributed by atoms with E-state index in [4.69, 9.17) is 19.0 Å². The van der Waals surface area contributed by atoms with Gasteiger partial charge in [0.05, 0.1) is 19.9 Å². The molecular formula is C16H17N3O5. The summed E-state index contributed by atoms with van der Waals surface area (Å²) in [7, 11) is 3.14. The van der Waals surface area contributed by atoms with Crippen LogP contribution in [-0.4, -0.2) is 35.0 Å². The van der Waals surface area contributed by atoms with Gasteiger partial charge in [0.1, 0.15) is 29.1 Å². The van der Waals surface area contributed by atoms with Crippen molar-refractivity contribution in [3.8, 4) is 22.8 Å². The highest BCUT2D eigenvalue weighted by Gasteiger charge is 2.21. The zero-order valence-electron chi connectivity index (χ0n) is 13.5. The minimum absolute atomic E-state index is 0.335. The topological polar surface area (TPSA) is 98.2 Å². The molecule has 0 atom stereocenters. The number of aromatic nitrogens is 2. The first-order chi connectivity index (χ1) is 11.6. The average Bonchev–Trinajstić information content (AvgIpc) is 3.13. The van der Waals surface area contributed by atoms with Crippen LogP contribution in [0.25, 0.3) is 17.0 Å². The number of carboxylic acid groups (broad SMARTS) is 1. The SMILES string of the molecule is CCc1nn2c(-c3ccc(OC)cc3OC)coc2c1NC(=O)O. The fourth-order valence-corrected chi connectivity index (χ4v) is 2.55. The third-order valence-electron chi connectivity index (χ3n) is 3.68. The molecule has 0 unspecified atom stereocenters. The summed E-state index contributed by atoms with van der Waals surface area (Å²) in [5.41, 5.74) is 2.69. The lowest BCUT2D eigenvalue weighted by Crippen LogP contribution is -2.08. The number of nitrogens with one attached hydrogen (secondary N) is 1. The van der Waals surface area contributed by atoms with Crippen molar-refractivity contribution in [2.45, 2.75) is 13.3 Å². The number of methoxy groups -OCH3 is 2. The number of nitrogens with zero attached hydrogens (tertiary/aromatic N) is 2. The third kappa shape index (κ3) is 2.51. The van der Waals surface area contributed by atoms with Gasteiger partial charge in [-0.05, 0) is 18.6 Å². The van der Waals surface area contributed by atoms with Gasteiger partial charge in [0.2, 0.25) is 5.71 Å². The van der Waals surface area contributed by atoms with Crippen LogP contribution in [-0.2, 0) is 6.42 Å². The summed E-state index contributed by atoms with van der Waals surface area (Å²) in [6.07, 6.45) is 0.907. The summed E-state index contributed by atoms with van der Waals surface area (Å²) >= 11 is 0. The van der Waals surface area contributed by atoms with Crippen LogP contribution < -0.4 is 14.8 Å². The Morgan fingerprint density at radius 3 is 2.79 bits per heavy atom. The van der Waals surface area contributed by atoms with Crippen LogP contribution in [0, 0.1) is 0 Å². The molecule has 2 aromatic heterocycles. The van der Waals surface area contributed by atoms with E-state index in [2.05, 4.69) is 10.4 Å².